The smallest absolute Gasteiger partial charge is 0.462 e. The fourth-order valence-corrected chi connectivity index (χ4v) is 13.1. The SMILES string of the molecule is CCC(C)CCCCCCCCC(=O)OC[C@H](COP(=O)(O)OC[C@H](O)COP(=O)(O)OC[C@@H](COC(=O)CCCCCCCCCCCCCCCCCC(C)C)OC(=O)CCCCCCCCCCC(C)C)OC(=O)CCCCCCCCCCCCCCCC(C)C. The van der Waals surface area contributed by atoms with Gasteiger partial charge in [-0.05, 0) is 49.4 Å². The van der Waals surface area contributed by atoms with E-state index in [0.717, 1.165) is 120 Å². The first-order chi connectivity index (χ1) is 45.6. The molecule has 0 saturated heterocycles. The Labute approximate surface area is 581 Å². The lowest BCUT2D eigenvalue weighted by Gasteiger charge is -2.21. The molecule has 0 rings (SSSR count). The second-order valence-electron chi connectivity index (χ2n) is 29.1. The van der Waals surface area contributed by atoms with Crippen molar-refractivity contribution in [3.8, 4) is 0 Å². The summed E-state index contributed by atoms with van der Waals surface area (Å²) in [5.41, 5.74) is 0. The minimum Gasteiger partial charge on any atom is -0.462 e. The molecule has 564 valence electrons. The van der Waals surface area contributed by atoms with Gasteiger partial charge in [-0.1, -0.05) is 331 Å². The number of phosphoric ester groups is 2. The minimum atomic E-state index is -4.96. The topological polar surface area (TPSA) is 237 Å². The molecule has 3 unspecified atom stereocenters. The van der Waals surface area contributed by atoms with Crippen LogP contribution in [0.1, 0.15) is 383 Å². The van der Waals surface area contributed by atoms with Crippen LogP contribution < -0.4 is 0 Å². The molecule has 0 spiro atoms. The van der Waals surface area contributed by atoms with E-state index >= 15 is 0 Å². The maximum Gasteiger partial charge on any atom is 0.472 e. The van der Waals surface area contributed by atoms with E-state index in [2.05, 4.69) is 55.4 Å². The number of esters is 4. The van der Waals surface area contributed by atoms with Crippen molar-refractivity contribution in [2.45, 2.75) is 401 Å². The summed E-state index contributed by atoms with van der Waals surface area (Å²) < 4.78 is 68.5. The maximum atomic E-state index is 13.1. The maximum absolute atomic E-state index is 13.1. The molecule has 0 aliphatic carbocycles. The summed E-state index contributed by atoms with van der Waals surface area (Å²) in [6.45, 7) is 14.2. The summed E-state index contributed by atoms with van der Waals surface area (Å²) in [5.74, 6) is 0.919. The number of hydrogen-bond acceptors (Lipinski definition) is 15. The van der Waals surface area contributed by atoms with Crippen LogP contribution in [0.15, 0.2) is 0 Å². The minimum absolute atomic E-state index is 0.104. The Kier molecular flexibility index (Phi) is 64.0. The van der Waals surface area contributed by atoms with Crippen molar-refractivity contribution in [2.24, 2.45) is 23.7 Å². The third-order valence-electron chi connectivity index (χ3n) is 17.9. The fraction of sp³-hybridized carbons (Fsp3) is 0.947. The Morgan fingerprint density at radius 3 is 0.747 bits per heavy atom. The van der Waals surface area contributed by atoms with Crippen LogP contribution in [-0.2, 0) is 65.4 Å². The highest BCUT2D eigenvalue weighted by molar-refractivity contribution is 7.47. The first kappa shape index (κ1) is 93.1. The van der Waals surface area contributed by atoms with Gasteiger partial charge in [0.05, 0.1) is 26.4 Å². The zero-order valence-electron chi connectivity index (χ0n) is 62.3. The molecule has 0 radical (unpaired) electrons. The Balaban J connectivity index is 5.21. The molecule has 0 aliphatic heterocycles. The molecule has 0 aliphatic rings. The van der Waals surface area contributed by atoms with E-state index in [4.69, 9.17) is 37.0 Å². The molecule has 6 atom stereocenters. The molecule has 0 fully saturated rings. The van der Waals surface area contributed by atoms with Crippen LogP contribution in [0.2, 0.25) is 0 Å². The number of rotatable bonds is 73. The van der Waals surface area contributed by atoms with E-state index in [0.29, 0.717) is 25.7 Å². The van der Waals surface area contributed by atoms with Crippen LogP contribution in [0.3, 0.4) is 0 Å². The number of ether oxygens (including phenoxy) is 4. The van der Waals surface area contributed by atoms with Crippen molar-refractivity contribution < 1.29 is 80.2 Å². The number of carbonyl (C=O) groups is 4. The largest absolute Gasteiger partial charge is 0.472 e. The molecule has 3 N–H and O–H groups in total. The molecule has 0 aromatic carbocycles. The van der Waals surface area contributed by atoms with Gasteiger partial charge < -0.3 is 33.8 Å². The van der Waals surface area contributed by atoms with Gasteiger partial charge in [-0.2, -0.15) is 0 Å². The Hall–Kier alpha value is -1.94. The molecule has 0 heterocycles. The molecule has 17 nitrogen and oxygen atoms in total. The fourth-order valence-electron chi connectivity index (χ4n) is 11.5. The molecule has 0 saturated carbocycles. The highest BCUT2D eigenvalue weighted by Crippen LogP contribution is 2.45. The van der Waals surface area contributed by atoms with Crippen LogP contribution >= 0.6 is 15.6 Å². The van der Waals surface area contributed by atoms with Gasteiger partial charge in [0.2, 0.25) is 0 Å². The van der Waals surface area contributed by atoms with Crippen LogP contribution in [0.25, 0.3) is 0 Å². The average Bonchev–Trinajstić information content (AvgIpc) is 1.29. The van der Waals surface area contributed by atoms with Gasteiger partial charge in [-0.15, -0.1) is 0 Å². The molecule has 0 amide bonds. The lowest BCUT2D eigenvalue weighted by Crippen LogP contribution is -2.30. The van der Waals surface area contributed by atoms with Gasteiger partial charge >= 0.3 is 39.5 Å². The third kappa shape index (κ3) is 69.0. The second kappa shape index (κ2) is 65.4. The summed E-state index contributed by atoms with van der Waals surface area (Å²) >= 11 is 0. The molecule has 0 bridgehead atoms. The van der Waals surface area contributed by atoms with Gasteiger partial charge in [0, 0.05) is 25.7 Å². The summed E-state index contributed by atoms with van der Waals surface area (Å²) in [6.07, 6.45) is 50.1. The van der Waals surface area contributed by atoms with Gasteiger partial charge in [0.15, 0.2) is 12.2 Å². The Morgan fingerprint density at radius 2 is 0.505 bits per heavy atom. The van der Waals surface area contributed by atoms with E-state index in [1.54, 1.807) is 0 Å². The molecule has 0 aromatic heterocycles. The highest BCUT2D eigenvalue weighted by atomic mass is 31.2. The molecule has 0 aromatic rings. The summed E-state index contributed by atoms with van der Waals surface area (Å²) in [5, 5.41) is 10.6. The standard InChI is InChI=1S/C76H148O17P2/c1-9-69(8)55-47-39-34-35-41-49-57-74(79)87-63-72(92-75(80)58-50-42-32-25-21-17-13-15-19-23-29-37-45-53-67(4)5)65-91-95(84,85)89-61-70(77)60-88-94(82,83)90-64-71(93-76(81)59-51-43-33-27-26-30-38-46-54-68(6)7)62-86-73(78)56-48-40-31-24-20-16-12-10-11-14-18-22-28-36-44-52-66(2)3/h66-72,77H,9-65H2,1-8H3,(H,82,83)(H,84,85)/t69?,70-,71-,72-/m1/s1. The van der Waals surface area contributed by atoms with Crippen molar-refractivity contribution in [1.29, 1.82) is 0 Å². The number of unbranched alkanes of at least 4 members (excludes halogenated alkanes) is 38. The van der Waals surface area contributed by atoms with E-state index in [-0.39, 0.29) is 25.7 Å². The van der Waals surface area contributed by atoms with E-state index < -0.39 is 97.5 Å². The molecule has 95 heavy (non-hydrogen) atoms. The first-order valence-electron chi connectivity index (χ1n) is 39.2. The highest BCUT2D eigenvalue weighted by Gasteiger charge is 2.30. The lowest BCUT2D eigenvalue weighted by atomic mass is 10.00. The Bertz CT molecular complexity index is 1870. The summed E-state index contributed by atoms with van der Waals surface area (Å²) in [4.78, 5) is 72.8. The van der Waals surface area contributed by atoms with Crippen LogP contribution in [-0.4, -0.2) is 96.7 Å². The van der Waals surface area contributed by atoms with Crippen molar-refractivity contribution in [3.05, 3.63) is 0 Å². The average molecular weight is 1400 g/mol. The number of aliphatic hydroxyl groups excluding tert-OH is 1. The van der Waals surface area contributed by atoms with Gasteiger partial charge in [0.25, 0.3) is 0 Å². The zero-order valence-corrected chi connectivity index (χ0v) is 64.1. The van der Waals surface area contributed by atoms with Gasteiger partial charge in [0.1, 0.15) is 19.3 Å². The monoisotopic (exact) mass is 1400 g/mol. The van der Waals surface area contributed by atoms with Crippen LogP contribution in [0, 0.1) is 23.7 Å². The normalized spacial score (nSPS) is 14.4. The predicted molar refractivity (Wildman–Crippen MR) is 386 cm³/mol. The van der Waals surface area contributed by atoms with E-state index in [9.17, 15) is 43.2 Å². The number of aliphatic hydroxyl groups is 1. The van der Waals surface area contributed by atoms with Crippen LogP contribution in [0.5, 0.6) is 0 Å². The summed E-state index contributed by atoms with van der Waals surface area (Å²) in [6, 6.07) is 0. The third-order valence-corrected chi connectivity index (χ3v) is 19.8. The van der Waals surface area contributed by atoms with Crippen molar-refractivity contribution in [1.82, 2.24) is 0 Å². The van der Waals surface area contributed by atoms with Crippen LogP contribution in [0.4, 0.5) is 0 Å². The van der Waals surface area contributed by atoms with Gasteiger partial charge in [-0.25, -0.2) is 9.13 Å². The number of hydrogen-bond donors (Lipinski definition) is 3. The van der Waals surface area contributed by atoms with Crippen molar-refractivity contribution >= 4 is 39.5 Å². The zero-order chi connectivity index (χ0) is 70.3. The van der Waals surface area contributed by atoms with Crippen molar-refractivity contribution in [2.75, 3.05) is 39.6 Å². The van der Waals surface area contributed by atoms with Gasteiger partial charge in [-0.3, -0.25) is 37.3 Å². The molecular formula is C76H148O17P2. The number of phosphoric acid groups is 2. The quantitative estimate of drug-likeness (QED) is 0.0222. The predicted octanol–water partition coefficient (Wildman–Crippen LogP) is 22.0. The van der Waals surface area contributed by atoms with E-state index in [1.807, 2.05) is 0 Å². The second-order valence-corrected chi connectivity index (χ2v) is 32.0. The van der Waals surface area contributed by atoms with E-state index in [1.165, 1.54) is 180 Å². The Morgan fingerprint density at radius 1 is 0.295 bits per heavy atom. The summed E-state index contributed by atoms with van der Waals surface area (Å²) in [7, 11) is -9.91. The lowest BCUT2D eigenvalue weighted by molar-refractivity contribution is -0.161. The number of carbonyl (C=O) groups excluding carboxylic acids is 4. The first-order valence-corrected chi connectivity index (χ1v) is 42.2. The molecule has 19 heteroatoms. The van der Waals surface area contributed by atoms with Crippen molar-refractivity contribution in [3.63, 3.8) is 0 Å². The molecular weight excluding hydrogens is 1250 g/mol.